The largest absolute Gasteiger partial charge is 0.369 e. The van der Waals surface area contributed by atoms with Crippen molar-refractivity contribution in [3.8, 4) is 0 Å². The fourth-order valence-corrected chi connectivity index (χ4v) is 2.28. The van der Waals surface area contributed by atoms with Crippen LogP contribution in [0.3, 0.4) is 0 Å². The van der Waals surface area contributed by atoms with Crippen LogP contribution in [0.5, 0.6) is 0 Å². The minimum Gasteiger partial charge on any atom is -0.369 e. The summed E-state index contributed by atoms with van der Waals surface area (Å²) in [4.78, 5) is 20.7. The Bertz CT molecular complexity index is 697. The van der Waals surface area contributed by atoms with Crippen LogP contribution >= 0.6 is 0 Å². The summed E-state index contributed by atoms with van der Waals surface area (Å²) in [6.45, 7) is 8.47. The van der Waals surface area contributed by atoms with Crippen LogP contribution in [0, 0.1) is 20.8 Å². The van der Waals surface area contributed by atoms with Crippen LogP contribution in [-0.4, -0.2) is 22.4 Å². The van der Waals surface area contributed by atoms with Crippen molar-refractivity contribution in [2.24, 2.45) is 0 Å². The number of carbonyl (C=O) groups is 1. The van der Waals surface area contributed by atoms with Crippen molar-refractivity contribution >= 4 is 17.4 Å². The second kappa shape index (κ2) is 7.72. The standard InChI is InChI=1S/C18H24N4O/c1-5-15-11-20-14(4)21-18(15)19-9-8-17(23)22-16-10-12(2)6-7-13(16)3/h6-7,10-11H,5,8-9H2,1-4H3,(H,22,23)(H,19,20,21). The van der Waals surface area contributed by atoms with Gasteiger partial charge in [0, 0.05) is 30.4 Å². The third-order valence-electron chi connectivity index (χ3n) is 3.68. The highest BCUT2D eigenvalue weighted by Gasteiger charge is 2.07. The second-order valence-electron chi connectivity index (χ2n) is 5.69. The van der Waals surface area contributed by atoms with E-state index in [0.29, 0.717) is 13.0 Å². The molecule has 2 N–H and O–H groups in total. The van der Waals surface area contributed by atoms with E-state index in [1.807, 2.05) is 45.2 Å². The van der Waals surface area contributed by atoms with Crippen molar-refractivity contribution in [2.45, 2.75) is 40.5 Å². The van der Waals surface area contributed by atoms with Crippen LogP contribution in [0.25, 0.3) is 0 Å². The van der Waals surface area contributed by atoms with Crippen molar-refractivity contribution in [1.82, 2.24) is 9.97 Å². The van der Waals surface area contributed by atoms with Gasteiger partial charge in [-0.25, -0.2) is 9.97 Å². The lowest BCUT2D eigenvalue weighted by Crippen LogP contribution is -2.18. The summed E-state index contributed by atoms with van der Waals surface area (Å²) in [6, 6.07) is 6.04. The highest BCUT2D eigenvalue weighted by Crippen LogP contribution is 2.17. The van der Waals surface area contributed by atoms with Crippen LogP contribution < -0.4 is 10.6 Å². The number of hydrogen-bond acceptors (Lipinski definition) is 4. The highest BCUT2D eigenvalue weighted by atomic mass is 16.1. The van der Waals surface area contributed by atoms with E-state index in [1.54, 1.807) is 0 Å². The average molecular weight is 312 g/mol. The SMILES string of the molecule is CCc1cnc(C)nc1NCCC(=O)Nc1cc(C)ccc1C. The Balaban J connectivity index is 1.90. The van der Waals surface area contributed by atoms with E-state index >= 15 is 0 Å². The minimum atomic E-state index is -0.00461. The number of anilines is 2. The predicted molar refractivity (Wildman–Crippen MR) is 93.8 cm³/mol. The zero-order valence-corrected chi connectivity index (χ0v) is 14.2. The molecule has 0 saturated carbocycles. The Morgan fingerprint density at radius 1 is 1.22 bits per heavy atom. The number of nitrogens with zero attached hydrogens (tertiary/aromatic N) is 2. The first kappa shape index (κ1) is 16.9. The Hall–Kier alpha value is -2.43. The van der Waals surface area contributed by atoms with Crippen molar-refractivity contribution in [3.63, 3.8) is 0 Å². The summed E-state index contributed by atoms with van der Waals surface area (Å²) in [5.41, 5.74) is 4.14. The van der Waals surface area contributed by atoms with Crippen LogP contribution in [0.2, 0.25) is 0 Å². The molecule has 2 rings (SSSR count). The molecule has 0 saturated heterocycles. The molecular formula is C18H24N4O. The molecule has 0 aliphatic carbocycles. The summed E-state index contributed by atoms with van der Waals surface area (Å²) >= 11 is 0. The number of aromatic nitrogens is 2. The van der Waals surface area contributed by atoms with Crippen molar-refractivity contribution in [2.75, 3.05) is 17.2 Å². The number of nitrogens with one attached hydrogen (secondary N) is 2. The minimum absolute atomic E-state index is 0.00461. The quantitative estimate of drug-likeness (QED) is 0.858. The van der Waals surface area contributed by atoms with E-state index in [4.69, 9.17) is 0 Å². The molecule has 2 aromatic rings. The molecule has 1 aromatic heterocycles. The van der Waals surface area contributed by atoms with Gasteiger partial charge in [0.1, 0.15) is 11.6 Å². The first-order valence-electron chi connectivity index (χ1n) is 7.93. The van der Waals surface area contributed by atoms with Gasteiger partial charge in [0.25, 0.3) is 0 Å². The topological polar surface area (TPSA) is 66.9 Å². The summed E-state index contributed by atoms with van der Waals surface area (Å²) in [5.74, 6) is 1.54. The van der Waals surface area contributed by atoms with Crippen molar-refractivity contribution < 1.29 is 4.79 Å². The van der Waals surface area contributed by atoms with Gasteiger partial charge in [-0.15, -0.1) is 0 Å². The van der Waals surface area contributed by atoms with Crippen LogP contribution in [0.1, 0.15) is 35.9 Å². The Morgan fingerprint density at radius 2 is 2.00 bits per heavy atom. The molecular weight excluding hydrogens is 288 g/mol. The molecule has 0 fully saturated rings. The molecule has 0 aliphatic heterocycles. The van der Waals surface area contributed by atoms with E-state index < -0.39 is 0 Å². The number of hydrogen-bond donors (Lipinski definition) is 2. The van der Waals surface area contributed by atoms with Crippen molar-refractivity contribution in [1.29, 1.82) is 0 Å². The van der Waals surface area contributed by atoms with Gasteiger partial charge in [-0.3, -0.25) is 4.79 Å². The fraction of sp³-hybridized carbons (Fsp3) is 0.389. The van der Waals surface area contributed by atoms with Gasteiger partial charge in [-0.2, -0.15) is 0 Å². The van der Waals surface area contributed by atoms with Gasteiger partial charge in [-0.05, 0) is 44.4 Å². The molecule has 0 spiro atoms. The lowest BCUT2D eigenvalue weighted by molar-refractivity contribution is -0.115. The molecule has 0 unspecified atom stereocenters. The smallest absolute Gasteiger partial charge is 0.226 e. The molecule has 122 valence electrons. The van der Waals surface area contributed by atoms with E-state index in [1.165, 1.54) is 0 Å². The lowest BCUT2D eigenvalue weighted by Gasteiger charge is -2.11. The Morgan fingerprint density at radius 3 is 2.74 bits per heavy atom. The number of amides is 1. The van der Waals surface area contributed by atoms with Gasteiger partial charge < -0.3 is 10.6 Å². The fourth-order valence-electron chi connectivity index (χ4n) is 2.28. The molecule has 1 aromatic carbocycles. The normalized spacial score (nSPS) is 10.4. The molecule has 0 aliphatic rings. The van der Waals surface area contributed by atoms with Gasteiger partial charge in [0.15, 0.2) is 0 Å². The van der Waals surface area contributed by atoms with Gasteiger partial charge in [-0.1, -0.05) is 19.1 Å². The summed E-state index contributed by atoms with van der Waals surface area (Å²) < 4.78 is 0. The summed E-state index contributed by atoms with van der Waals surface area (Å²) in [6.07, 6.45) is 3.08. The maximum atomic E-state index is 12.1. The summed E-state index contributed by atoms with van der Waals surface area (Å²) in [5, 5.41) is 6.20. The van der Waals surface area contributed by atoms with E-state index in [9.17, 15) is 4.79 Å². The third kappa shape index (κ3) is 4.77. The molecule has 5 heteroatoms. The maximum absolute atomic E-state index is 12.1. The van der Waals surface area contributed by atoms with E-state index in [-0.39, 0.29) is 5.91 Å². The van der Waals surface area contributed by atoms with Gasteiger partial charge in [0.05, 0.1) is 0 Å². The number of rotatable bonds is 6. The van der Waals surface area contributed by atoms with Crippen LogP contribution in [0.4, 0.5) is 11.5 Å². The van der Waals surface area contributed by atoms with Gasteiger partial charge >= 0.3 is 0 Å². The molecule has 23 heavy (non-hydrogen) atoms. The van der Waals surface area contributed by atoms with E-state index in [2.05, 4.69) is 27.5 Å². The molecule has 0 atom stereocenters. The van der Waals surface area contributed by atoms with Crippen molar-refractivity contribution in [3.05, 3.63) is 46.9 Å². The second-order valence-corrected chi connectivity index (χ2v) is 5.69. The monoisotopic (exact) mass is 312 g/mol. The zero-order chi connectivity index (χ0) is 16.8. The molecule has 1 heterocycles. The number of benzene rings is 1. The molecule has 5 nitrogen and oxygen atoms in total. The lowest BCUT2D eigenvalue weighted by atomic mass is 10.1. The molecule has 0 radical (unpaired) electrons. The highest BCUT2D eigenvalue weighted by molar-refractivity contribution is 5.91. The molecule has 1 amide bonds. The van der Waals surface area contributed by atoms with Crippen LogP contribution in [-0.2, 0) is 11.2 Å². The maximum Gasteiger partial charge on any atom is 0.226 e. The first-order chi connectivity index (χ1) is 11.0. The Kier molecular flexibility index (Phi) is 5.68. The van der Waals surface area contributed by atoms with E-state index in [0.717, 1.165) is 40.4 Å². The summed E-state index contributed by atoms with van der Waals surface area (Å²) in [7, 11) is 0. The third-order valence-corrected chi connectivity index (χ3v) is 3.68. The number of aryl methyl sites for hydroxylation is 4. The number of carbonyl (C=O) groups excluding carboxylic acids is 1. The zero-order valence-electron chi connectivity index (χ0n) is 14.2. The van der Waals surface area contributed by atoms with Crippen LogP contribution in [0.15, 0.2) is 24.4 Å². The predicted octanol–water partition coefficient (Wildman–Crippen LogP) is 3.40. The first-order valence-corrected chi connectivity index (χ1v) is 7.93. The average Bonchev–Trinajstić information content (AvgIpc) is 2.51. The Labute approximate surface area is 137 Å². The van der Waals surface area contributed by atoms with Gasteiger partial charge in [0.2, 0.25) is 5.91 Å². The molecule has 0 bridgehead atoms.